The molecule has 3 nitrogen and oxygen atoms in total. The highest BCUT2D eigenvalue weighted by Crippen LogP contribution is 2.20. The number of hydrogen-bond acceptors (Lipinski definition) is 3. The lowest BCUT2D eigenvalue weighted by Crippen LogP contribution is -2.06. The van der Waals surface area contributed by atoms with Crippen LogP contribution < -0.4 is 11.5 Å². The van der Waals surface area contributed by atoms with E-state index >= 15 is 0 Å². The summed E-state index contributed by atoms with van der Waals surface area (Å²) in [6.45, 7) is 3.97. The Hall–Kier alpha value is -2.29. The topological polar surface area (TPSA) is 69.1 Å². The van der Waals surface area contributed by atoms with E-state index in [0.717, 1.165) is 33.6 Å². The zero-order valence-corrected chi connectivity index (χ0v) is 13.4. The van der Waals surface area contributed by atoms with Gasteiger partial charge in [-0.3, -0.25) is 4.79 Å². The van der Waals surface area contributed by atoms with Gasteiger partial charge < -0.3 is 11.5 Å². The van der Waals surface area contributed by atoms with E-state index in [1.54, 1.807) is 0 Å². The van der Waals surface area contributed by atoms with Crippen molar-refractivity contribution in [2.75, 3.05) is 11.5 Å². The van der Waals surface area contributed by atoms with Crippen molar-refractivity contribution >= 4 is 17.2 Å². The highest BCUT2D eigenvalue weighted by molar-refractivity contribution is 5.79. The first-order chi connectivity index (χ1) is 10.5. The second-order valence-corrected chi connectivity index (χ2v) is 5.83. The van der Waals surface area contributed by atoms with Crippen LogP contribution in [0.1, 0.15) is 35.1 Å². The third-order valence-electron chi connectivity index (χ3n) is 4.18. The Morgan fingerprint density at radius 2 is 1.23 bits per heavy atom. The van der Waals surface area contributed by atoms with Gasteiger partial charge in [0.2, 0.25) is 0 Å². The van der Waals surface area contributed by atoms with Crippen molar-refractivity contribution in [3.63, 3.8) is 0 Å². The maximum atomic E-state index is 12.1. The number of Topliss-reactive ketones (excluding diaryl/α,β-unsaturated/α-hetero) is 1. The molecule has 0 spiro atoms. The molecule has 116 valence electrons. The summed E-state index contributed by atoms with van der Waals surface area (Å²) in [7, 11) is 0. The summed E-state index contributed by atoms with van der Waals surface area (Å²) in [5.74, 6) is 0.252. The molecule has 0 aromatic heterocycles. The van der Waals surface area contributed by atoms with Gasteiger partial charge in [-0.15, -0.1) is 0 Å². The van der Waals surface area contributed by atoms with E-state index < -0.39 is 0 Å². The fraction of sp³-hybridized carbons (Fsp3) is 0.316. The lowest BCUT2D eigenvalue weighted by molar-refractivity contribution is -0.119. The molecule has 0 aliphatic rings. The highest BCUT2D eigenvalue weighted by atomic mass is 16.1. The van der Waals surface area contributed by atoms with Crippen molar-refractivity contribution in [1.82, 2.24) is 0 Å². The van der Waals surface area contributed by atoms with E-state index in [1.807, 2.05) is 50.2 Å². The summed E-state index contributed by atoms with van der Waals surface area (Å²) < 4.78 is 0. The van der Waals surface area contributed by atoms with Crippen LogP contribution in [0.4, 0.5) is 11.4 Å². The number of aryl methyl sites for hydroxylation is 4. The van der Waals surface area contributed by atoms with E-state index in [1.165, 1.54) is 0 Å². The highest BCUT2D eigenvalue weighted by Gasteiger charge is 2.08. The van der Waals surface area contributed by atoms with Gasteiger partial charge in [-0.1, -0.05) is 36.4 Å². The van der Waals surface area contributed by atoms with E-state index in [9.17, 15) is 4.79 Å². The van der Waals surface area contributed by atoms with Gasteiger partial charge >= 0.3 is 0 Å². The summed E-state index contributed by atoms with van der Waals surface area (Å²) in [4.78, 5) is 12.1. The third-order valence-corrected chi connectivity index (χ3v) is 4.18. The SMILES string of the molecule is Cc1cccc(CCC(=O)CCc2cccc(C)c2N)c1N. The molecule has 22 heavy (non-hydrogen) atoms. The normalized spacial score (nSPS) is 10.6. The molecule has 3 heteroatoms. The largest absolute Gasteiger partial charge is 0.398 e. The van der Waals surface area contributed by atoms with Crippen LogP contribution in [-0.2, 0) is 17.6 Å². The van der Waals surface area contributed by atoms with Gasteiger partial charge in [0.1, 0.15) is 5.78 Å². The molecule has 0 aliphatic carbocycles. The average molecular weight is 296 g/mol. The molecule has 0 radical (unpaired) electrons. The molecule has 2 rings (SSSR count). The van der Waals surface area contributed by atoms with Gasteiger partial charge in [0, 0.05) is 24.2 Å². The fourth-order valence-corrected chi connectivity index (χ4v) is 2.59. The van der Waals surface area contributed by atoms with Crippen LogP contribution in [0.15, 0.2) is 36.4 Å². The zero-order valence-electron chi connectivity index (χ0n) is 13.4. The molecule has 0 saturated carbocycles. The quantitative estimate of drug-likeness (QED) is 0.800. The number of rotatable bonds is 6. The van der Waals surface area contributed by atoms with E-state index in [-0.39, 0.29) is 5.78 Å². The Balaban J connectivity index is 1.88. The minimum absolute atomic E-state index is 0.252. The second kappa shape index (κ2) is 7.12. The van der Waals surface area contributed by atoms with Crippen molar-refractivity contribution in [3.05, 3.63) is 58.7 Å². The summed E-state index contributed by atoms with van der Waals surface area (Å²) in [5, 5.41) is 0. The second-order valence-electron chi connectivity index (χ2n) is 5.83. The smallest absolute Gasteiger partial charge is 0.133 e. The number of hydrogen-bond donors (Lipinski definition) is 2. The Morgan fingerprint density at radius 1 is 0.818 bits per heavy atom. The summed E-state index contributed by atoms with van der Waals surface area (Å²) in [6.07, 6.45) is 2.46. The van der Waals surface area contributed by atoms with Crippen LogP contribution in [-0.4, -0.2) is 5.78 Å². The number of benzene rings is 2. The first kappa shape index (κ1) is 16.1. The number of nitrogen functional groups attached to an aromatic ring is 2. The van der Waals surface area contributed by atoms with E-state index in [4.69, 9.17) is 11.5 Å². The molecule has 2 aromatic rings. The predicted molar refractivity (Wildman–Crippen MR) is 92.8 cm³/mol. The number of para-hydroxylation sites is 2. The molecule has 0 unspecified atom stereocenters. The van der Waals surface area contributed by atoms with Crippen molar-refractivity contribution in [3.8, 4) is 0 Å². The minimum Gasteiger partial charge on any atom is -0.398 e. The van der Waals surface area contributed by atoms with Crippen molar-refractivity contribution in [1.29, 1.82) is 0 Å². The monoisotopic (exact) mass is 296 g/mol. The molecular formula is C19H24N2O. The van der Waals surface area contributed by atoms with Crippen molar-refractivity contribution < 1.29 is 4.79 Å². The van der Waals surface area contributed by atoms with E-state index in [0.29, 0.717) is 25.7 Å². The van der Waals surface area contributed by atoms with Gasteiger partial charge in [-0.2, -0.15) is 0 Å². The number of anilines is 2. The molecular weight excluding hydrogens is 272 g/mol. The van der Waals surface area contributed by atoms with Gasteiger partial charge in [-0.25, -0.2) is 0 Å². The number of carbonyl (C=O) groups is 1. The molecule has 0 fully saturated rings. The van der Waals surface area contributed by atoms with Gasteiger partial charge in [-0.05, 0) is 48.9 Å². The summed E-state index contributed by atoms with van der Waals surface area (Å²) in [6, 6.07) is 11.9. The van der Waals surface area contributed by atoms with Crippen molar-refractivity contribution in [2.24, 2.45) is 0 Å². The van der Waals surface area contributed by atoms with Crippen LogP contribution >= 0.6 is 0 Å². The summed E-state index contributed by atoms with van der Waals surface area (Å²) in [5.41, 5.74) is 17.9. The molecule has 4 N–H and O–H groups in total. The van der Waals surface area contributed by atoms with Crippen LogP contribution in [0.25, 0.3) is 0 Å². The zero-order chi connectivity index (χ0) is 16.1. The first-order valence-corrected chi connectivity index (χ1v) is 7.68. The fourth-order valence-electron chi connectivity index (χ4n) is 2.59. The molecule has 0 amide bonds. The first-order valence-electron chi connectivity index (χ1n) is 7.68. The standard InChI is InChI=1S/C19H24N2O/c1-13-5-3-7-15(18(13)20)9-11-17(22)12-10-16-8-4-6-14(2)19(16)21/h3-8H,9-12,20-21H2,1-2H3. The van der Waals surface area contributed by atoms with Gasteiger partial charge in [0.05, 0.1) is 0 Å². The van der Waals surface area contributed by atoms with E-state index in [2.05, 4.69) is 0 Å². The minimum atomic E-state index is 0.252. The number of ketones is 1. The lowest BCUT2D eigenvalue weighted by Gasteiger charge is -2.09. The Morgan fingerprint density at radius 3 is 1.64 bits per heavy atom. The average Bonchev–Trinajstić information content (AvgIpc) is 2.50. The molecule has 0 atom stereocenters. The Bertz CT molecular complexity index is 620. The van der Waals surface area contributed by atoms with Crippen LogP contribution in [0.2, 0.25) is 0 Å². The molecule has 0 heterocycles. The molecule has 2 aromatic carbocycles. The Labute approximate surface area is 132 Å². The third kappa shape index (κ3) is 3.88. The molecule has 0 saturated heterocycles. The number of nitrogens with two attached hydrogens (primary N) is 2. The van der Waals surface area contributed by atoms with Gasteiger partial charge in [0.15, 0.2) is 0 Å². The predicted octanol–water partition coefficient (Wildman–Crippen LogP) is 3.60. The van der Waals surface area contributed by atoms with Crippen LogP contribution in [0, 0.1) is 13.8 Å². The number of carbonyl (C=O) groups excluding carboxylic acids is 1. The maximum Gasteiger partial charge on any atom is 0.133 e. The van der Waals surface area contributed by atoms with Crippen molar-refractivity contribution in [2.45, 2.75) is 39.5 Å². The molecule has 0 aliphatic heterocycles. The van der Waals surface area contributed by atoms with Gasteiger partial charge in [0.25, 0.3) is 0 Å². The lowest BCUT2D eigenvalue weighted by atomic mass is 9.98. The maximum absolute atomic E-state index is 12.1. The van der Waals surface area contributed by atoms with Crippen LogP contribution in [0.3, 0.4) is 0 Å². The Kier molecular flexibility index (Phi) is 5.21. The molecule has 0 bridgehead atoms. The summed E-state index contributed by atoms with van der Waals surface area (Å²) >= 11 is 0. The van der Waals surface area contributed by atoms with Crippen LogP contribution in [0.5, 0.6) is 0 Å².